The Bertz CT molecular complexity index is 569. The minimum Gasteiger partial charge on any atom is -0.294 e. The monoisotopic (exact) mass is 249 g/mol. The maximum absolute atomic E-state index is 11.8. The number of rotatable bonds is 1. The zero-order valence-corrected chi connectivity index (χ0v) is 11.2. The third-order valence-electron chi connectivity index (χ3n) is 2.42. The summed E-state index contributed by atoms with van der Waals surface area (Å²) in [6.07, 6.45) is 0. The third kappa shape index (κ3) is 2.44. The predicted molar refractivity (Wildman–Crippen MR) is 70.2 cm³/mol. The minimum atomic E-state index is -0.443. The van der Waals surface area contributed by atoms with E-state index in [1.807, 2.05) is 39.1 Å². The molecule has 2 aromatic heterocycles. The standard InChI is InChI=1S/C12H15N3OS/c1-7-8-5-6-17-9(8)14-11(13-7)15-10(16)12(2,3)4/h5-6H,1-4H3,(H,13,14,15,16). The Morgan fingerprint density at radius 1 is 1.35 bits per heavy atom. The number of hydrogen-bond acceptors (Lipinski definition) is 4. The first-order chi connectivity index (χ1) is 7.88. The zero-order valence-electron chi connectivity index (χ0n) is 10.4. The largest absolute Gasteiger partial charge is 0.294 e. The molecule has 0 atom stereocenters. The second kappa shape index (κ2) is 4.07. The topological polar surface area (TPSA) is 54.9 Å². The molecule has 5 heteroatoms. The van der Waals surface area contributed by atoms with Crippen molar-refractivity contribution in [2.24, 2.45) is 5.41 Å². The molecule has 1 amide bonds. The number of aryl methyl sites for hydroxylation is 1. The van der Waals surface area contributed by atoms with Crippen molar-refractivity contribution in [1.82, 2.24) is 9.97 Å². The molecule has 1 N–H and O–H groups in total. The van der Waals surface area contributed by atoms with Gasteiger partial charge in [-0.2, -0.15) is 0 Å². The molecule has 0 aliphatic heterocycles. The predicted octanol–water partition coefficient (Wildman–Crippen LogP) is 2.98. The molecule has 2 rings (SSSR count). The molecule has 17 heavy (non-hydrogen) atoms. The molecule has 0 bridgehead atoms. The van der Waals surface area contributed by atoms with Crippen LogP contribution in [0.4, 0.5) is 5.95 Å². The van der Waals surface area contributed by atoms with E-state index in [0.29, 0.717) is 5.95 Å². The number of amides is 1. The van der Waals surface area contributed by atoms with Gasteiger partial charge in [-0.15, -0.1) is 11.3 Å². The molecule has 2 heterocycles. The van der Waals surface area contributed by atoms with E-state index in [0.717, 1.165) is 15.9 Å². The molecule has 4 nitrogen and oxygen atoms in total. The van der Waals surface area contributed by atoms with Gasteiger partial charge in [-0.25, -0.2) is 9.97 Å². The molecular weight excluding hydrogens is 234 g/mol. The Balaban J connectivity index is 2.34. The van der Waals surface area contributed by atoms with Crippen molar-refractivity contribution in [2.75, 3.05) is 5.32 Å². The summed E-state index contributed by atoms with van der Waals surface area (Å²) >= 11 is 1.55. The number of nitrogens with zero attached hydrogens (tertiary/aromatic N) is 2. The van der Waals surface area contributed by atoms with Crippen LogP contribution in [0.25, 0.3) is 10.2 Å². The van der Waals surface area contributed by atoms with Crippen LogP contribution in [0.15, 0.2) is 11.4 Å². The highest BCUT2D eigenvalue weighted by atomic mass is 32.1. The smallest absolute Gasteiger partial charge is 0.232 e. The van der Waals surface area contributed by atoms with Crippen LogP contribution >= 0.6 is 11.3 Å². The van der Waals surface area contributed by atoms with E-state index in [9.17, 15) is 4.79 Å². The van der Waals surface area contributed by atoms with E-state index in [2.05, 4.69) is 15.3 Å². The van der Waals surface area contributed by atoms with E-state index >= 15 is 0 Å². The molecule has 0 radical (unpaired) electrons. The molecule has 0 unspecified atom stereocenters. The molecule has 0 spiro atoms. The number of thiophene rings is 1. The van der Waals surface area contributed by atoms with Crippen LogP contribution in [0.1, 0.15) is 26.5 Å². The summed E-state index contributed by atoms with van der Waals surface area (Å²) in [5.41, 5.74) is 0.447. The number of carbonyl (C=O) groups is 1. The van der Waals surface area contributed by atoms with Gasteiger partial charge in [0.15, 0.2) is 0 Å². The number of fused-ring (bicyclic) bond motifs is 1. The lowest BCUT2D eigenvalue weighted by Crippen LogP contribution is -2.28. The Labute approximate surface area is 104 Å². The summed E-state index contributed by atoms with van der Waals surface area (Å²) in [6.45, 7) is 7.50. The molecule has 0 aliphatic rings. The van der Waals surface area contributed by atoms with Crippen LogP contribution in [0.2, 0.25) is 0 Å². The van der Waals surface area contributed by atoms with Gasteiger partial charge in [0.25, 0.3) is 0 Å². The number of hydrogen-bond donors (Lipinski definition) is 1. The van der Waals surface area contributed by atoms with Crippen molar-refractivity contribution in [3.8, 4) is 0 Å². The molecule has 0 saturated heterocycles. The molecule has 0 saturated carbocycles. The summed E-state index contributed by atoms with van der Waals surface area (Å²) in [5.74, 6) is 0.310. The van der Waals surface area contributed by atoms with Crippen molar-refractivity contribution < 1.29 is 4.79 Å². The van der Waals surface area contributed by atoms with Crippen LogP contribution < -0.4 is 5.32 Å². The quantitative estimate of drug-likeness (QED) is 0.845. The summed E-state index contributed by atoms with van der Waals surface area (Å²) in [4.78, 5) is 21.4. The molecule has 2 aromatic rings. The second-order valence-corrected chi connectivity index (χ2v) is 5.87. The maximum Gasteiger partial charge on any atom is 0.232 e. The van der Waals surface area contributed by atoms with Gasteiger partial charge < -0.3 is 0 Å². The van der Waals surface area contributed by atoms with Gasteiger partial charge in [-0.1, -0.05) is 20.8 Å². The Morgan fingerprint density at radius 2 is 2.06 bits per heavy atom. The van der Waals surface area contributed by atoms with Gasteiger partial charge in [0.05, 0.1) is 5.69 Å². The number of aromatic nitrogens is 2. The SMILES string of the molecule is Cc1nc(NC(=O)C(C)(C)C)nc2sccc12. The van der Waals surface area contributed by atoms with Crippen LogP contribution in [0, 0.1) is 12.3 Å². The lowest BCUT2D eigenvalue weighted by Gasteiger charge is -2.16. The first-order valence-electron chi connectivity index (χ1n) is 5.41. The fourth-order valence-electron chi connectivity index (χ4n) is 1.35. The van der Waals surface area contributed by atoms with E-state index in [-0.39, 0.29) is 5.91 Å². The van der Waals surface area contributed by atoms with Crippen molar-refractivity contribution in [1.29, 1.82) is 0 Å². The van der Waals surface area contributed by atoms with E-state index in [4.69, 9.17) is 0 Å². The van der Waals surface area contributed by atoms with Gasteiger partial charge in [0.1, 0.15) is 4.83 Å². The summed E-state index contributed by atoms with van der Waals surface area (Å²) in [6, 6.07) is 1.99. The lowest BCUT2D eigenvalue weighted by molar-refractivity contribution is -0.123. The summed E-state index contributed by atoms with van der Waals surface area (Å²) in [5, 5.41) is 5.77. The van der Waals surface area contributed by atoms with Crippen molar-refractivity contribution in [3.05, 3.63) is 17.1 Å². The Morgan fingerprint density at radius 3 is 2.71 bits per heavy atom. The molecule has 90 valence electrons. The highest BCUT2D eigenvalue weighted by molar-refractivity contribution is 7.16. The molecule has 0 aliphatic carbocycles. The van der Waals surface area contributed by atoms with Gasteiger partial charge in [-0.05, 0) is 18.4 Å². The highest BCUT2D eigenvalue weighted by Gasteiger charge is 2.22. The average molecular weight is 249 g/mol. The van der Waals surface area contributed by atoms with Gasteiger partial charge >= 0.3 is 0 Å². The van der Waals surface area contributed by atoms with E-state index in [1.165, 1.54) is 0 Å². The highest BCUT2D eigenvalue weighted by Crippen LogP contribution is 2.23. The number of nitrogens with one attached hydrogen (secondary N) is 1. The van der Waals surface area contributed by atoms with Gasteiger partial charge in [0, 0.05) is 10.8 Å². The Kier molecular flexibility index (Phi) is 2.87. The second-order valence-electron chi connectivity index (χ2n) is 4.98. The number of anilines is 1. The maximum atomic E-state index is 11.8. The molecular formula is C12H15N3OS. The molecule has 0 aromatic carbocycles. The zero-order chi connectivity index (χ0) is 12.6. The van der Waals surface area contributed by atoms with Crippen molar-refractivity contribution in [2.45, 2.75) is 27.7 Å². The lowest BCUT2D eigenvalue weighted by atomic mass is 9.96. The fraction of sp³-hybridized carbons (Fsp3) is 0.417. The third-order valence-corrected chi connectivity index (χ3v) is 3.23. The van der Waals surface area contributed by atoms with E-state index < -0.39 is 5.41 Å². The van der Waals surface area contributed by atoms with Crippen LogP contribution in [-0.2, 0) is 4.79 Å². The van der Waals surface area contributed by atoms with Gasteiger partial charge in [0.2, 0.25) is 11.9 Å². The number of carbonyl (C=O) groups excluding carboxylic acids is 1. The normalized spacial score (nSPS) is 11.8. The average Bonchev–Trinajstić information content (AvgIpc) is 2.64. The summed E-state index contributed by atoms with van der Waals surface area (Å²) in [7, 11) is 0. The van der Waals surface area contributed by atoms with Gasteiger partial charge in [-0.3, -0.25) is 10.1 Å². The van der Waals surface area contributed by atoms with E-state index in [1.54, 1.807) is 11.3 Å². The van der Waals surface area contributed by atoms with Crippen LogP contribution in [-0.4, -0.2) is 15.9 Å². The van der Waals surface area contributed by atoms with Crippen molar-refractivity contribution >= 4 is 33.4 Å². The van der Waals surface area contributed by atoms with Crippen LogP contribution in [0.5, 0.6) is 0 Å². The molecule has 0 fully saturated rings. The fourth-order valence-corrected chi connectivity index (χ4v) is 2.16. The minimum absolute atomic E-state index is 0.0761. The van der Waals surface area contributed by atoms with Crippen molar-refractivity contribution in [3.63, 3.8) is 0 Å². The summed E-state index contributed by atoms with van der Waals surface area (Å²) < 4.78 is 0. The Hall–Kier alpha value is -1.49. The first kappa shape index (κ1) is 12.0. The van der Waals surface area contributed by atoms with Crippen LogP contribution in [0.3, 0.4) is 0 Å². The first-order valence-corrected chi connectivity index (χ1v) is 6.29.